The number of nitrogens with zero attached hydrogens (tertiary/aromatic N) is 1. The predicted octanol–water partition coefficient (Wildman–Crippen LogP) is 2.86. The van der Waals surface area contributed by atoms with Gasteiger partial charge in [-0.3, -0.25) is 14.9 Å². The highest BCUT2D eigenvalue weighted by Gasteiger charge is 2.11. The van der Waals surface area contributed by atoms with Crippen LogP contribution >= 0.6 is 0 Å². The SMILES string of the molecule is O=C(/C=C/c1ccc(Cc2cccc(OCCN3CCCC3)c2)o1)NO. The topological polar surface area (TPSA) is 74.9 Å². The normalized spacial score (nSPS) is 14.8. The maximum Gasteiger partial charge on any atom is 0.267 e. The average Bonchev–Trinajstić information content (AvgIpc) is 3.32. The monoisotopic (exact) mass is 356 g/mol. The van der Waals surface area contributed by atoms with Gasteiger partial charge in [0.1, 0.15) is 23.9 Å². The van der Waals surface area contributed by atoms with Crippen LogP contribution in [-0.4, -0.2) is 42.3 Å². The number of likely N-dealkylation sites (tertiary alicyclic amines) is 1. The highest BCUT2D eigenvalue weighted by atomic mass is 16.5. The Morgan fingerprint density at radius 3 is 2.92 bits per heavy atom. The molecular formula is C20H24N2O4. The molecule has 1 aromatic heterocycles. The number of furan rings is 1. The summed E-state index contributed by atoms with van der Waals surface area (Å²) < 4.78 is 11.6. The maximum atomic E-state index is 11.0. The van der Waals surface area contributed by atoms with E-state index in [1.54, 1.807) is 6.07 Å². The first-order valence-corrected chi connectivity index (χ1v) is 8.88. The van der Waals surface area contributed by atoms with Gasteiger partial charge in [0.05, 0.1) is 0 Å². The summed E-state index contributed by atoms with van der Waals surface area (Å²) >= 11 is 0. The Bertz CT molecular complexity index is 748. The molecule has 1 fully saturated rings. The summed E-state index contributed by atoms with van der Waals surface area (Å²) in [4.78, 5) is 13.4. The molecule has 0 atom stereocenters. The minimum Gasteiger partial charge on any atom is -0.492 e. The predicted molar refractivity (Wildman–Crippen MR) is 98.1 cm³/mol. The van der Waals surface area contributed by atoms with E-state index in [9.17, 15) is 4.79 Å². The highest BCUT2D eigenvalue weighted by molar-refractivity contribution is 5.90. The molecule has 0 spiro atoms. The lowest BCUT2D eigenvalue weighted by atomic mass is 10.1. The van der Waals surface area contributed by atoms with E-state index >= 15 is 0 Å². The Balaban J connectivity index is 1.52. The van der Waals surface area contributed by atoms with Gasteiger partial charge < -0.3 is 9.15 Å². The van der Waals surface area contributed by atoms with Gasteiger partial charge >= 0.3 is 0 Å². The lowest BCUT2D eigenvalue weighted by molar-refractivity contribution is -0.124. The van der Waals surface area contributed by atoms with Gasteiger partial charge in [-0.2, -0.15) is 0 Å². The van der Waals surface area contributed by atoms with Crippen LogP contribution in [0.1, 0.15) is 29.9 Å². The molecule has 3 rings (SSSR count). The second kappa shape index (κ2) is 9.22. The number of ether oxygens (including phenoxy) is 1. The molecule has 1 amide bonds. The zero-order chi connectivity index (χ0) is 18.2. The Labute approximate surface area is 153 Å². The molecule has 1 aromatic carbocycles. The van der Waals surface area contributed by atoms with Crippen molar-refractivity contribution < 1.29 is 19.2 Å². The molecule has 0 radical (unpaired) electrons. The summed E-state index contributed by atoms with van der Waals surface area (Å²) in [6.45, 7) is 4.03. The van der Waals surface area contributed by atoms with E-state index in [2.05, 4.69) is 4.90 Å². The average molecular weight is 356 g/mol. The van der Waals surface area contributed by atoms with Crippen molar-refractivity contribution in [3.63, 3.8) is 0 Å². The van der Waals surface area contributed by atoms with Gasteiger partial charge in [-0.05, 0) is 61.8 Å². The van der Waals surface area contributed by atoms with Gasteiger partial charge in [0.25, 0.3) is 5.91 Å². The summed E-state index contributed by atoms with van der Waals surface area (Å²) in [5.41, 5.74) is 2.64. The Morgan fingerprint density at radius 2 is 2.12 bits per heavy atom. The van der Waals surface area contributed by atoms with Crippen LogP contribution in [0, 0.1) is 0 Å². The third-order valence-electron chi connectivity index (χ3n) is 4.34. The van der Waals surface area contributed by atoms with Crippen molar-refractivity contribution in [2.75, 3.05) is 26.2 Å². The number of hydroxylamine groups is 1. The van der Waals surface area contributed by atoms with Crippen LogP contribution in [0.4, 0.5) is 0 Å². The van der Waals surface area contributed by atoms with Crippen molar-refractivity contribution in [3.8, 4) is 5.75 Å². The van der Waals surface area contributed by atoms with Crippen molar-refractivity contribution in [1.29, 1.82) is 0 Å². The van der Waals surface area contributed by atoms with Crippen LogP contribution in [0.5, 0.6) is 5.75 Å². The molecular weight excluding hydrogens is 332 g/mol. The van der Waals surface area contributed by atoms with Crippen molar-refractivity contribution in [2.24, 2.45) is 0 Å². The van der Waals surface area contributed by atoms with Crippen molar-refractivity contribution in [3.05, 3.63) is 59.6 Å². The molecule has 138 valence electrons. The van der Waals surface area contributed by atoms with Crippen molar-refractivity contribution in [2.45, 2.75) is 19.3 Å². The molecule has 26 heavy (non-hydrogen) atoms. The van der Waals surface area contributed by atoms with E-state index in [0.29, 0.717) is 18.8 Å². The highest BCUT2D eigenvalue weighted by Crippen LogP contribution is 2.19. The van der Waals surface area contributed by atoms with Crippen molar-refractivity contribution in [1.82, 2.24) is 10.4 Å². The Hall–Kier alpha value is -2.57. The molecule has 2 aromatic rings. The van der Waals surface area contributed by atoms with Crippen LogP contribution < -0.4 is 10.2 Å². The number of benzene rings is 1. The zero-order valence-corrected chi connectivity index (χ0v) is 14.7. The van der Waals surface area contributed by atoms with Gasteiger partial charge in [0.15, 0.2) is 0 Å². The number of hydrogen-bond donors (Lipinski definition) is 2. The third-order valence-corrected chi connectivity index (χ3v) is 4.34. The lowest BCUT2D eigenvalue weighted by Gasteiger charge is -2.15. The number of carbonyl (C=O) groups is 1. The van der Waals surface area contributed by atoms with E-state index in [4.69, 9.17) is 14.4 Å². The van der Waals surface area contributed by atoms with E-state index in [1.807, 2.05) is 30.3 Å². The minimum atomic E-state index is -0.596. The second-order valence-corrected chi connectivity index (χ2v) is 6.33. The molecule has 0 aliphatic carbocycles. The Kier molecular flexibility index (Phi) is 6.46. The van der Waals surface area contributed by atoms with Gasteiger partial charge in [0.2, 0.25) is 0 Å². The summed E-state index contributed by atoms with van der Waals surface area (Å²) in [5, 5.41) is 8.47. The maximum absolute atomic E-state index is 11.0. The quantitative estimate of drug-likeness (QED) is 0.432. The first-order valence-electron chi connectivity index (χ1n) is 8.88. The molecule has 6 heteroatoms. The van der Waals surface area contributed by atoms with E-state index in [-0.39, 0.29) is 0 Å². The molecule has 2 N–H and O–H groups in total. The Morgan fingerprint density at radius 1 is 1.27 bits per heavy atom. The summed E-state index contributed by atoms with van der Waals surface area (Å²) in [7, 11) is 0. The number of carbonyl (C=O) groups excluding carboxylic acids is 1. The van der Waals surface area contributed by atoms with Crippen LogP contribution in [0.3, 0.4) is 0 Å². The van der Waals surface area contributed by atoms with E-state index in [0.717, 1.165) is 23.6 Å². The summed E-state index contributed by atoms with van der Waals surface area (Å²) in [6.07, 6.45) is 5.94. The van der Waals surface area contributed by atoms with Crippen LogP contribution in [0.25, 0.3) is 6.08 Å². The largest absolute Gasteiger partial charge is 0.492 e. The number of hydrogen-bond acceptors (Lipinski definition) is 5. The van der Waals surface area contributed by atoms with Gasteiger partial charge in [0, 0.05) is 19.0 Å². The number of amides is 1. The van der Waals surface area contributed by atoms with Crippen LogP contribution in [-0.2, 0) is 11.2 Å². The second-order valence-electron chi connectivity index (χ2n) is 6.33. The van der Waals surface area contributed by atoms with Gasteiger partial charge in [-0.25, -0.2) is 5.48 Å². The fourth-order valence-corrected chi connectivity index (χ4v) is 3.02. The lowest BCUT2D eigenvalue weighted by Crippen LogP contribution is -2.25. The number of nitrogens with one attached hydrogen (secondary N) is 1. The van der Waals surface area contributed by atoms with E-state index < -0.39 is 5.91 Å². The van der Waals surface area contributed by atoms with E-state index in [1.165, 1.54) is 43.6 Å². The first kappa shape index (κ1) is 18.2. The molecule has 1 aliphatic rings. The van der Waals surface area contributed by atoms with Gasteiger partial charge in [-0.1, -0.05) is 12.1 Å². The van der Waals surface area contributed by atoms with Crippen LogP contribution in [0.2, 0.25) is 0 Å². The molecule has 1 saturated heterocycles. The zero-order valence-electron chi connectivity index (χ0n) is 14.7. The van der Waals surface area contributed by atoms with Crippen molar-refractivity contribution >= 4 is 12.0 Å². The third kappa shape index (κ3) is 5.47. The molecule has 6 nitrogen and oxygen atoms in total. The molecule has 0 bridgehead atoms. The smallest absolute Gasteiger partial charge is 0.267 e. The summed E-state index contributed by atoms with van der Waals surface area (Å²) in [6, 6.07) is 11.7. The molecule has 2 heterocycles. The standard InChI is InChI=1S/C20H24N2O4/c23-20(21-24)9-8-17-6-7-19(26-17)15-16-4-3-5-18(14-16)25-13-12-22-10-1-2-11-22/h3-9,14,24H,1-2,10-13,15H2,(H,21,23)/b9-8+. The van der Waals surface area contributed by atoms with Gasteiger partial charge in [-0.15, -0.1) is 0 Å². The number of rotatable bonds is 8. The first-order chi connectivity index (χ1) is 12.7. The van der Waals surface area contributed by atoms with Crippen LogP contribution in [0.15, 0.2) is 46.9 Å². The minimum absolute atomic E-state index is 0.557. The fourth-order valence-electron chi connectivity index (χ4n) is 3.02. The molecule has 0 saturated carbocycles. The molecule has 1 aliphatic heterocycles. The summed E-state index contributed by atoms with van der Waals surface area (Å²) in [5.74, 6) is 1.62. The molecule has 0 unspecified atom stereocenters. The fraction of sp³-hybridized carbons (Fsp3) is 0.350.